The minimum absolute atomic E-state index is 0.0783. The lowest BCUT2D eigenvalue weighted by Gasteiger charge is -2.20. The van der Waals surface area contributed by atoms with Crippen molar-refractivity contribution in [3.63, 3.8) is 0 Å². The highest BCUT2D eigenvalue weighted by atomic mass is 32.2. The lowest BCUT2D eigenvalue weighted by Crippen LogP contribution is -2.34. The first kappa shape index (κ1) is 16.8. The van der Waals surface area contributed by atoms with Gasteiger partial charge in [0.15, 0.2) is 0 Å². The van der Waals surface area contributed by atoms with Crippen LogP contribution in [-0.4, -0.2) is 50.3 Å². The fourth-order valence-corrected chi connectivity index (χ4v) is 3.82. The Kier molecular flexibility index (Phi) is 7.22. The van der Waals surface area contributed by atoms with Crippen LogP contribution in [0.3, 0.4) is 0 Å². The molecule has 6 nitrogen and oxygen atoms in total. The van der Waals surface area contributed by atoms with Crippen LogP contribution in [0.4, 0.5) is 0 Å². The predicted octanol–water partition coefficient (Wildman–Crippen LogP) is 0.716. The largest absolute Gasteiger partial charge is 0.286 e. The van der Waals surface area contributed by atoms with Crippen molar-refractivity contribution < 1.29 is 21.4 Å². The zero-order chi connectivity index (χ0) is 13.5. The van der Waals surface area contributed by atoms with E-state index in [0.717, 1.165) is 12.8 Å². The molecule has 0 rings (SSSR count). The highest BCUT2D eigenvalue weighted by molar-refractivity contribution is 7.89. The van der Waals surface area contributed by atoms with E-state index in [2.05, 4.69) is 0 Å². The molecule has 0 aliphatic rings. The average Bonchev–Trinajstić information content (AvgIpc) is 2.15. The summed E-state index contributed by atoms with van der Waals surface area (Å²) in [5.41, 5.74) is 0. The van der Waals surface area contributed by atoms with Crippen molar-refractivity contribution in [2.75, 3.05) is 24.6 Å². The second-order valence-electron chi connectivity index (χ2n) is 3.85. The Labute approximate surface area is 104 Å². The number of hydrogen-bond donors (Lipinski definition) is 1. The van der Waals surface area contributed by atoms with Gasteiger partial charge in [0.25, 0.3) is 10.1 Å². The van der Waals surface area contributed by atoms with Gasteiger partial charge in [-0.3, -0.25) is 4.55 Å². The molecule has 0 atom stereocenters. The zero-order valence-electron chi connectivity index (χ0n) is 10.3. The first-order chi connectivity index (χ1) is 7.73. The lowest BCUT2D eigenvalue weighted by atomic mass is 10.4. The van der Waals surface area contributed by atoms with Gasteiger partial charge in [-0.25, -0.2) is 12.7 Å². The fraction of sp³-hybridized carbons (Fsp3) is 1.00. The van der Waals surface area contributed by atoms with Crippen LogP contribution in [0.2, 0.25) is 0 Å². The molecule has 0 fully saturated rings. The minimum atomic E-state index is -4.08. The first-order valence-electron chi connectivity index (χ1n) is 5.66. The molecule has 0 saturated carbocycles. The summed E-state index contributed by atoms with van der Waals surface area (Å²) in [6.07, 6.45) is 1.36. The Balaban J connectivity index is 4.42. The molecule has 0 amide bonds. The molecule has 0 unspecified atom stereocenters. The fourth-order valence-electron chi connectivity index (χ4n) is 1.44. The Morgan fingerprint density at radius 3 is 1.76 bits per heavy atom. The van der Waals surface area contributed by atoms with Crippen molar-refractivity contribution in [3.8, 4) is 0 Å². The molecule has 0 spiro atoms. The molecule has 0 aliphatic carbocycles. The molecule has 0 heterocycles. The number of sulfonamides is 1. The van der Waals surface area contributed by atoms with Gasteiger partial charge in [-0.15, -0.1) is 0 Å². The van der Waals surface area contributed by atoms with E-state index in [4.69, 9.17) is 4.55 Å². The Hall–Kier alpha value is -0.180. The summed E-state index contributed by atoms with van der Waals surface area (Å²) < 4.78 is 54.6. The van der Waals surface area contributed by atoms with E-state index in [1.165, 1.54) is 4.31 Å². The van der Waals surface area contributed by atoms with Crippen molar-refractivity contribution in [1.82, 2.24) is 4.31 Å². The van der Waals surface area contributed by atoms with Crippen molar-refractivity contribution in [1.29, 1.82) is 0 Å². The number of rotatable bonds is 9. The first-order valence-corrected chi connectivity index (χ1v) is 8.87. The Morgan fingerprint density at radius 1 is 0.941 bits per heavy atom. The smallest absolute Gasteiger partial charge is 0.264 e. The van der Waals surface area contributed by atoms with E-state index in [9.17, 15) is 16.8 Å². The van der Waals surface area contributed by atoms with Crippen LogP contribution < -0.4 is 0 Å². The van der Waals surface area contributed by atoms with E-state index < -0.39 is 25.9 Å². The topological polar surface area (TPSA) is 91.8 Å². The lowest BCUT2D eigenvalue weighted by molar-refractivity contribution is 0.409. The van der Waals surface area contributed by atoms with Gasteiger partial charge in [-0.2, -0.15) is 8.42 Å². The Morgan fingerprint density at radius 2 is 1.41 bits per heavy atom. The van der Waals surface area contributed by atoms with Gasteiger partial charge in [-0.05, 0) is 19.3 Å². The third kappa shape index (κ3) is 7.69. The van der Waals surface area contributed by atoms with Crippen LogP contribution in [0.1, 0.15) is 33.1 Å². The number of hydrogen-bond acceptors (Lipinski definition) is 4. The van der Waals surface area contributed by atoms with Crippen LogP contribution in [0.25, 0.3) is 0 Å². The molecule has 1 N–H and O–H groups in total. The molecule has 17 heavy (non-hydrogen) atoms. The molecule has 0 aromatic rings. The average molecular weight is 287 g/mol. The van der Waals surface area contributed by atoms with Crippen LogP contribution in [0.15, 0.2) is 0 Å². The highest BCUT2D eigenvalue weighted by Gasteiger charge is 2.20. The van der Waals surface area contributed by atoms with Crippen LogP contribution in [0.5, 0.6) is 0 Å². The summed E-state index contributed by atoms with van der Waals surface area (Å²) in [6.45, 7) is 4.66. The van der Waals surface area contributed by atoms with Gasteiger partial charge in [0.05, 0.1) is 11.5 Å². The third-order valence-corrected chi connectivity index (χ3v) is 4.91. The SMILES string of the molecule is CCCN(CCC)S(=O)(=O)CCCS(=O)(=O)O. The molecular formula is C9H21NO5S2. The van der Waals surface area contributed by atoms with Crippen LogP contribution >= 0.6 is 0 Å². The van der Waals surface area contributed by atoms with E-state index >= 15 is 0 Å². The molecule has 0 bridgehead atoms. The number of nitrogens with zero attached hydrogens (tertiary/aromatic N) is 1. The summed E-state index contributed by atoms with van der Waals surface area (Å²) in [7, 11) is -7.49. The molecular weight excluding hydrogens is 266 g/mol. The van der Waals surface area contributed by atoms with Crippen molar-refractivity contribution in [2.24, 2.45) is 0 Å². The normalized spacial score (nSPS) is 13.2. The predicted molar refractivity (Wildman–Crippen MR) is 67.0 cm³/mol. The van der Waals surface area contributed by atoms with Crippen molar-refractivity contribution >= 4 is 20.1 Å². The second kappa shape index (κ2) is 7.30. The summed E-state index contributed by atoms with van der Waals surface area (Å²) in [6, 6.07) is 0. The molecule has 0 saturated heterocycles. The van der Waals surface area contributed by atoms with Gasteiger partial charge in [0, 0.05) is 13.1 Å². The highest BCUT2D eigenvalue weighted by Crippen LogP contribution is 2.06. The quantitative estimate of drug-likeness (QED) is 0.631. The maximum absolute atomic E-state index is 11.8. The standard InChI is InChI=1S/C9H21NO5S2/c1-3-6-10(7-4-2)16(11,12)8-5-9-17(13,14)15/h3-9H2,1-2H3,(H,13,14,15). The zero-order valence-corrected chi connectivity index (χ0v) is 11.9. The van der Waals surface area contributed by atoms with Crippen molar-refractivity contribution in [3.05, 3.63) is 0 Å². The molecule has 0 aliphatic heterocycles. The summed E-state index contributed by atoms with van der Waals surface area (Å²) in [5.74, 6) is -0.759. The summed E-state index contributed by atoms with van der Waals surface area (Å²) in [4.78, 5) is 0. The van der Waals surface area contributed by atoms with Crippen molar-refractivity contribution in [2.45, 2.75) is 33.1 Å². The maximum Gasteiger partial charge on any atom is 0.264 e. The summed E-state index contributed by atoms with van der Waals surface area (Å²) in [5, 5.41) is 0. The van der Waals surface area contributed by atoms with Gasteiger partial charge in [0.1, 0.15) is 0 Å². The van der Waals surface area contributed by atoms with E-state index in [0.29, 0.717) is 13.1 Å². The van der Waals surface area contributed by atoms with Crippen LogP contribution in [0, 0.1) is 0 Å². The molecule has 0 aromatic heterocycles. The van der Waals surface area contributed by atoms with Gasteiger partial charge >= 0.3 is 0 Å². The summed E-state index contributed by atoms with van der Waals surface area (Å²) >= 11 is 0. The van der Waals surface area contributed by atoms with E-state index in [-0.39, 0.29) is 12.2 Å². The maximum atomic E-state index is 11.8. The van der Waals surface area contributed by atoms with E-state index in [1.54, 1.807) is 0 Å². The minimum Gasteiger partial charge on any atom is -0.286 e. The molecule has 104 valence electrons. The van der Waals surface area contributed by atoms with E-state index in [1.807, 2.05) is 13.8 Å². The van der Waals surface area contributed by atoms with Gasteiger partial charge in [-0.1, -0.05) is 13.8 Å². The monoisotopic (exact) mass is 287 g/mol. The van der Waals surface area contributed by atoms with Gasteiger partial charge < -0.3 is 0 Å². The van der Waals surface area contributed by atoms with Crippen LogP contribution in [-0.2, 0) is 20.1 Å². The molecule has 0 aromatic carbocycles. The molecule has 8 heteroatoms. The Bertz CT molecular complexity index is 395. The second-order valence-corrected chi connectivity index (χ2v) is 7.52. The van der Waals surface area contributed by atoms with Gasteiger partial charge in [0.2, 0.25) is 10.0 Å². The molecule has 0 radical (unpaired) electrons. The third-order valence-electron chi connectivity index (χ3n) is 2.14.